The van der Waals surface area contributed by atoms with Crippen LogP contribution in [0.15, 0.2) is 5.38 Å². The normalized spacial score (nSPS) is 27.3. The molecule has 0 bridgehead atoms. The van der Waals surface area contributed by atoms with E-state index >= 15 is 0 Å². The lowest BCUT2D eigenvalue weighted by Gasteiger charge is -2.40. The van der Waals surface area contributed by atoms with Gasteiger partial charge in [-0.25, -0.2) is 4.98 Å². The van der Waals surface area contributed by atoms with Gasteiger partial charge in [0.15, 0.2) is 0 Å². The maximum atomic E-state index is 5.93. The molecule has 1 atom stereocenters. The van der Waals surface area contributed by atoms with E-state index in [0.29, 0.717) is 11.3 Å². The predicted molar refractivity (Wildman–Crippen MR) is 76.0 cm³/mol. The van der Waals surface area contributed by atoms with Crippen LogP contribution in [0.4, 0.5) is 0 Å². The van der Waals surface area contributed by atoms with Gasteiger partial charge < -0.3 is 10.6 Å². The standard InChI is InChI=1S/C14H23N3S/c1-17-6-3-11(8-17)12-9-18-13(16-12)7-14(10-15)4-2-5-14/h9,11H,2-8,10,15H2,1H3. The van der Waals surface area contributed by atoms with E-state index in [1.54, 1.807) is 0 Å². The van der Waals surface area contributed by atoms with Gasteiger partial charge in [0.1, 0.15) is 0 Å². The third kappa shape index (κ3) is 2.33. The summed E-state index contributed by atoms with van der Waals surface area (Å²) < 4.78 is 0. The molecule has 3 nitrogen and oxygen atoms in total. The topological polar surface area (TPSA) is 42.1 Å². The predicted octanol–water partition coefficient (Wildman–Crippen LogP) is 2.23. The summed E-state index contributed by atoms with van der Waals surface area (Å²) >= 11 is 1.84. The number of hydrogen-bond donors (Lipinski definition) is 1. The van der Waals surface area contributed by atoms with Crippen molar-refractivity contribution in [2.75, 3.05) is 26.7 Å². The molecule has 1 saturated heterocycles. The van der Waals surface area contributed by atoms with Crippen LogP contribution in [-0.2, 0) is 6.42 Å². The zero-order chi connectivity index (χ0) is 12.6. The van der Waals surface area contributed by atoms with E-state index in [-0.39, 0.29) is 0 Å². The maximum absolute atomic E-state index is 5.93. The zero-order valence-electron chi connectivity index (χ0n) is 11.2. The number of hydrogen-bond acceptors (Lipinski definition) is 4. The summed E-state index contributed by atoms with van der Waals surface area (Å²) in [5, 5.41) is 3.59. The van der Waals surface area contributed by atoms with Gasteiger partial charge in [-0.1, -0.05) is 6.42 Å². The minimum absolute atomic E-state index is 0.390. The highest BCUT2D eigenvalue weighted by Crippen LogP contribution is 2.43. The number of rotatable bonds is 4. The molecule has 4 heteroatoms. The first kappa shape index (κ1) is 12.6. The summed E-state index contributed by atoms with van der Waals surface area (Å²) in [6, 6.07) is 0. The fourth-order valence-electron chi connectivity index (χ4n) is 3.22. The highest BCUT2D eigenvalue weighted by Gasteiger charge is 2.36. The van der Waals surface area contributed by atoms with Crippen molar-refractivity contribution in [2.24, 2.45) is 11.1 Å². The van der Waals surface area contributed by atoms with Crippen LogP contribution in [0.2, 0.25) is 0 Å². The third-order valence-electron chi connectivity index (χ3n) is 4.75. The van der Waals surface area contributed by atoms with E-state index in [9.17, 15) is 0 Å². The Bertz CT molecular complexity index is 405. The van der Waals surface area contributed by atoms with Gasteiger partial charge in [-0.3, -0.25) is 0 Å². The average molecular weight is 265 g/mol. The number of likely N-dealkylation sites (N-methyl/N-ethyl adjacent to an activating group) is 1. The molecule has 2 heterocycles. The van der Waals surface area contributed by atoms with E-state index in [1.165, 1.54) is 49.5 Å². The summed E-state index contributed by atoms with van der Waals surface area (Å²) in [6.45, 7) is 3.21. The Hall–Kier alpha value is -0.450. The fourth-order valence-corrected chi connectivity index (χ4v) is 4.27. The van der Waals surface area contributed by atoms with Crippen molar-refractivity contribution in [3.8, 4) is 0 Å². The Labute approximate surface area is 113 Å². The van der Waals surface area contributed by atoms with Gasteiger partial charge in [0.05, 0.1) is 10.7 Å². The molecule has 1 saturated carbocycles. The van der Waals surface area contributed by atoms with Crippen molar-refractivity contribution in [1.29, 1.82) is 0 Å². The molecule has 2 aliphatic rings. The van der Waals surface area contributed by atoms with Crippen molar-refractivity contribution >= 4 is 11.3 Å². The number of likely N-dealkylation sites (tertiary alicyclic amines) is 1. The van der Waals surface area contributed by atoms with E-state index in [4.69, 9.17) is 10.7 Å². The number of aromatic nitrogens is 1. The molecule has 2 N–H and O–H groups in total. The molecule has 0 amide bonds. The molecule has 0 spiro atoms. The summed E-state index contributed by atoms with van der Waals surface area (Å²) in [7, 11) is 2.20. The van der Waals surface area contributed by atoms with Crippen LogP contribution in [0.25, 0.3) is 0 Å². The quantitative estimate of drug-likeness (QED) is 0.908. The molecule has 0 radical (unpaired) electrons. The SMILES string of the molecule is CN1CCC(c2csc(CC3(CN)CCC3)n2)C1. The Morgan fingerprint density at radius 1 is 1.56 bits per heavy atom. The summed E-state index contributed by atoms with van der Waals surface area (Å²) in [5.41, 5.74) is 7.65. The number of thiazole rings is 1. The van der Waals surface area contributed by atoms with Gasteiger partial charge in [-0.15, -0.1) is 11.3 Å². The van der Waals surface area contributed by atoms with Crippen LogP contribution in [0.1, 0.15) is 42.3 Å². The molecule has 1 aliphatic heterocycles. The lowest BCUT2D eigenvalue weighted by molar-refractivity contribution is 0.144. The summed E-state index contributed by atoms with van der Waals surface area (Å²) in [4.78, 5) is 7.28. The van der Waals surface area contributed by atoms with Gasteiger partial charge in [-0.2, -0.15) is 0 Å². The van der Waals surface area contributed by atoms with E-state index in [1.807, 2.05) is 11.3 Å². The third-order valence-corrected chi connectivity index (χ3v) is 5.62. The Balaban J connectivity index is 1.66. The monoisotopic (exact) mass is 265 g/mol. The second kappa shape index (κ2) is 4.91. The lowest BCUT2D eigenvalue weighted by atomic mass is 9.67. The van der Waals surface area contributed by atoms with E-state index in [0.717, 1.165) is 13.0 Å². The van der Waals surface area contributed by atoms with Crippen LogP contribution in [0.5, 0.6) is 0 Å². The van der Waals surface area contributed by atoms with Gasteiger partial charge in [0, 0.05) is 24.3 Å². The van der Waals surface area contributed by atoms with Crippen molar-refractivity contribution in [1.82, 2.24) is 9.88 Å². The smallest absolute Gasteiger partial charge is 0.0934 e. The van der Waals surface area contributed by atoms with E-state index in [2.05, 4.69) is 17.3 Å². The van der Waals surface area contributed by atoms with Crippen molar-refractivity contribution in [3.05, 3.63) is 16.1 Å². The molecule has 2 fully saturated rings. The minimum Gasteiger partial charge on any atom is -0.330 e. The van der Waals surface area contributed by atoms with Gasteiger partial charge in [0.2, 0.25) is 0 Å². The maximum Gasteiger partial charge on any atom is 0.0934 e. The molecular formula is C14H23N3S. The first-order chi connectivity index (χ1) is 8.71. The molecule has 100 valence electrons. The van der Waals surface area contributed by atoms with Gasteiger partial charge >= 0.3 is 0 Å². The second-order valence-corrected chi connectivity index (χ2v) is 7.09. The zero-order valence-corrected chi connectivity index (χ0v) is 12.0. The highest BCUT2D eigenvalue weighted by atomic mass is 32.1. The fraction of sp³-hybridized carbons (Fsp3) is 0.786. The lowest BCUT2D eigenvalue weighted by Crippen LogP contribution is -2.39. The first-order valence-electron chi connectivity index (χ1n) is 7.04. The summed E-state index contributed by atoms with van der Waals surface area (Å²) in [5.74, 6) is 0.662. The molecule has 3 rings (SSSR count). The Kier molecular flexibility index (Phi) is 3.43. The molecule has 1 aromatic rings. The molecule has 1 aliphatic carbocycles. The van der Waals surface area contributed by atoms with Crippen molar-refractivity contribution in [2.45, 2.75) is 38.0 Å². The van der Waals surface area contributed by atoms with Crippen LogP contribution >= 0.6 is 11.3 Å². The first-order valence-corrected chi connectivity index (χ1v) is 7.92. The van der Waals surface area contributed by atoms with Crippen LogP contribution in [0, 0.1) is 5.41 Å². The van der Waals surface area contributed by atoms with Crippen LogP contribution in [-0.4, -0.2) is 36.6 Å². The highest BCUT2D eigenvalue weighted by molar-refractivity contribution is 7.09. The average Bonchev–Trinajstić information content (AvgIpc) is 2.92. The molecular weight excluding hydrogens is 242 g/mol. The number of nitrogens with two attached hydrogens (primary N) is 1. The Morgan fingerprint density at radius 2 is 2.39 bits per heavy atom. The van der Waals surface area contributed by atoms with Gasteiger partial charge in [-0.05, 0) is 44.8 Å². The van der Waals surface area contributed by atoms with Gasteiger partial charge in [0.25, 0.3) is 0 Å². The largest absolute Gasteiger partial charge is 0.330 e. The van der Waals surface area contributed by atoms with Crippen LogP contribution in [0.3, 0.4) is 0 Å². The van der Waals surface area contributed by atoms with Crippen LogP contribution < -0.4 is 5.73 Å². The minimum atomic E-state index is 0.390. The number of nitrogens with zero attached hydrogens (tertiary/aromatic N) is 2. The van der Waals surface area contributed by atoms with Crippen molar-refractivity contribution < 1.29 is 0 Å². The van der Waals surface area contributed by atoms with Crippen molar-refractivity contribution in [3.63, 3.8) is 0 Å². The molecule has 18 heavy (non-hydrogen) atoms. The molecule has 0 aromatic carbocycles. The second-order valence-electron chi connectivity index (χ2n) is 6.15. The van der Waals surface area contributed by atoms with E-state index < -0.39 is 0 Å². The Morgan fingerprint density at radius 3 is 2.94 bits per heavy atom. The molecule has 1 unspecified atom stereocenters. The summed E-state index contributed by atoms with van der Waals surface area (Å²) in [6.07, 6.45) is 6.32. The molecule has 1 aromatic heterocycles.